The molecule has 0 spiro atoms. The first-order valence-electron chi connectivity index (χ1n) is 8.81. The van der Waals surface area contributed by atoms with Gasteiger partial charge in [0, 0.05) is 37.5 Å². The smallest absolute Gasteiger partial charge is 0.223 e. The second kappa shape index (κ2) is 9.07. The van der Waals surface area contributed by atoms with Gasteiger partial charge in [-0.25, -0.2) is 0 Å². The first-order chi connectivity index (χ1) is 11.7. The Labute approximate surface area is 155 Å². The Morgan fingerprint density at radius 3 is 2.72 bits per heavy atom. The first-order valence-corrected chi connectivity index (χ1v) is 8.81. The SMILES string of the molecule is CC1CCN(C(=O)CCc2ccc(-c3ccccc3)o2)C(CN)C1.Cl. The van der Waals surface area contributed by atoms with Crippen molar-refractivity contribution in [1.82, 2.24) is 4.90 Å². The van der Waals surface area contributed by atoms with Crippen molar-refractivity contribution in [3.05, 3.63) is 48.2 Å². The number of hydrogen-bond donors (Lipinski definition) is 1. The molecule has 0 bridgehead atoms. The van der Waals surface area contributed by atoms with E-state index in [0.29, 0.717) is 25.3 Å². The van der Waals surface area contributed by atoms with E-state index >= 15 is 0 Å². The zero-order valence-corrected chi connectivity index (χ0v) is 15.5. The topological polar surface area (TPSA) is 59.5 Å². The van der Waals surface area contributed by atoms with Crippen LogP contribution in [0.2, 0.25) is 0 Å². The highest BCUT2D eigenvalue weighted by atomic mass is 35.5. The van der Waals surface area contributed by atoms with Crippen molar-refractivity contribution in [3.63, 3.8) is 0 Å². The fraction of sp³-hybridized carbons (Fsp3) is 0.450. The van der Waals surface area contributed by atoms with E-state index < -0.39 is 0 Å². The predicted octanol–water partition coefficient (Wildman–Crippen LogP) is 3.89. The minimum atomic E-state index is 0. The van der Waals surface area contributed by atoms with Crippen molar-refractivity contribution in [1.29, 1.82) is 0 Å². The molecular formula is C20H27ClN2O2. The average molecular weight is 363 g/mol. The number of amides is 1. The molecule has 4 nitrogen and oxygen atoms in total. The molecule has 5 heteroatoms. The van der Waals surface area contributed by atoms with Crippen LogP contribution in [0.4, 0.5) is 0 Å². The number of carbonyl (C=O) groups excluding carboxylic acids is 1. The molecule has 0 radical (unpaired) electrons. The summed E-state index contributed by atoms with van der Waals surface area (Å²) in [4.78, 5) is 14.5. The van der Waals surface area contributed by atoms with Crippen molar-refractivity contribution in [3.8, 4) is 11.3 Å². The molecule has 2 unspecified atom stereocenters. The van der Waals surface area contributed by atoms with Crippen LogP contribution in [0, 0.1) is 5.92 Å². The van der Waals surface area contributed by atoms with Crippen molar-refractivity contribution >= 4 is 18.3 Å². The lowest BCUT2D eigenvalue weighted by Gasteiger charge is -2.38. The monoisotopic (exact) mass is 362 g/mol. The largest absolute Gasteiger partial charge is 0.461 e. The molecule has 25 heavy (non-hydrogen) atoms. The molecule has 1 saturated heterocycles. The standard InChI is InChI=1S/C20H26N2O2.ClH/c1-15-11-12-22(17(13-15)14-21)20(23)10-8-18-7-9-19(24-18)16-5-3-2-4-6-16;/h2-7,9,15,17H,8,10-14,21H2,1H3;1H. The molecule has 2 N–H and O–H groups in total. The number of rotatable bonds is 5. The maximum absolute atomic E-state index is 12.6. The van der Waals surface area contributed by atoms with Crippen molar-refractivity contribution < 1.29 is 9.21 Å². The van der Waals surface area contributed by atoms with Crippen LogP contribution in [-0.2, 0) is 11.2 Å². The number of nitrogens with two attached hydrogens (primary N) is 1. The fourth-order valence-corrected chi connectivity index (χ4v) is 3.45. The normalized spacial score (nSPS) is 20.2. The number of nitrogens with zero attached hydrogens (tertiary/aromatic N) is 1. The number of halogens is 1. The van der Waals surface area contributed by atoms with Gasteiger partial charge in [-0.1, -0.05) is 37.3 Å². The molecule has 3 rings (SSSR count). The van der Waals surface area contributed by atoms with E-state index in [0.717, 1.165) is 36.5 Å². The third-order valence-corrected chi connectivity index (χ3v) is 4.88. The van der Waals surface area contributed by atoms with Gasteiger partial charge in [0.15, 0.2) is 0 Å². The number of likely N-dealkylation sites (tertiary alicyclic amines) is 1. The zero-order chi connectivity index (χ0) is 16.9. The lowest BCUT2D eigenvalue weighted by molar-refractivity contribution is -0.135. The minimum absolute atomic E-state index is 0. The van der Waals surface area contributed by atoms with E-state index in [1.807, 2.05) is 47.4 Å². The number of piperidine rings is 1. The van der Waals surface area contributed by atoms with Crippen LogP contribution in [0.25, 0.3) is 11.3 Å². The Bertz CT molecular complexity index is 671. The van der Waals surface area contributed by atoms with Gasteiger partial charge in [-0.2, -0.15) is 0 Å². The highest BCUT2D eigenvalue weighted by molar-refractivity contribution is 5.85. The van der Waals surface area contributed by atoms with E-state index in [2.05, 4.69) is 6.92 Å². The summed E-state index contributed by atoms with van der Waals surface area (Å²) in [6.07, 6.45) is 3.20. The quantitative estimate of drug-likeness (QED) is 0.877. The molecule has 1 amide bonds. The van der Waals surface area contributed by atoms with Crippen molar-refractivity contribution in [2.45, 2.75) is 38.6 Å². The van der Waals surface area contributed by atoms with Gasteiger partial charge in [0.2, 0.25) is 5.91 Å². The Kier molecular flexibility index (Phi) is 7.09. The molecule has 136 valence electrons. The van der Waals surface area contributed by atoms with E-state index in [9.17, 15) is 4.79 Å². The zero-order valence-electron chi connectivity index (χ0n) is 14.7. The maximum Gasteiger partial charge on any atom is 0.223 e. The van der Waals surface area contributed by atoms with Crippen LogP contribution in [0.15, 0.2) is 46.9 Å². The van der Waals surface area contributed by atoms with E-state index in [1.54, 1.807) is 0 Å². The summed E-state index contributed by atoms with van der Waals surface area (Å²) in [5.74, 6) is 2.55. The van der Waals surface area contributed by atoms with E-state index in [1.165, 1.54) is 0 Å². The molecule has 1 aromatic carbocycles. The second-order valence-corrected chi connectivity index (χ2v) is 6.74. The van der Waals surface area contributed by atoms with Crippen LogP contribution in [0.1, 0.15) is 31.9 Å². The Hall–Kier alpha value is -1.78. The fourth-order valence-electron chi connectivity index (χ4n) is 3.45. The summed E-state index contributed by atoms with van der Waals surface area (Å²) in [6, 6.07) is 14.1. The van der Waals surface area contributed by atoms with Gasteiger partial charge in [0.05, 0.1) is 0 Å². The molecule has 1 aromatic heterocycles. The lowest BCUT2D eigenvalue weighted by Crippen LogP contribution is -2.49. The number of benzene rings is 1. The third kappa shape index (κ3) is 4.86. The summed E-state index contributed by atoms with van der Waals surface area (Å²) >= 11 is 0. The molecular weight excluding hydrogens is 336 g/mol. The Morgan fingerprint density at radius 2 is 2.00 bits per heavy atom. The lowest BCUT2D eigenvalue weighted by atomic mass is 9.92. The van der Waals surface area contributed by atoms with Gasteiger partial charge in [-0.3, -0.25) is 4.79 Å². The highest BCUT2D eigenvalue weighted by Gasteiger charge is 2.28. The number of hydrogen-bond acceptors (Lipinski definition) is 3. The van der Waals surface area contributed by atoms with Crippen LogP contribution in [0.5, 0.6) is 0 Å². The predicted molar refractivity (Wildman–Crippen MR) is 103 cm³/mol. The molecule has 2 heterocycles. The summed E-state index contributed by atoms with van der Waals surface area (Å²) in [6.45, 7) is 3.61. The molecule has 0 saturated carbocycles. The first kappa shape index (κ1) is 19.5. The number of furan rings is 1. The number of aryl methyl sites for hydroxylation is 1. The summed E-state index contributed by atoms with van der Waals surface area (Å²) < 4.78 is 5.88. The molecule has 1 aliphatic rings. The number of carbonyl (C=O) groups is 1. The van der Waals surface area contributed by atoms with Gasteiger partial charge in [0.25, 0.3) is 0 Å². The Morgan fingerprint density at radius 1 is 1.24 bits per heavy atom. The Balaban J connectivity index is 0.00000225. The molecule has 0 aliphatic carbocycles. The van der Waals surface area contributed by atoms with Crippen molar-refractivity contribution in [2.24, 2.45) is 11.7 Å². The van der Waals surface area contributed by atoms with E-state index in [-0.39, 0.29) is 24.4 Å². The molecule has 1 aliphatic heterocycles. The average Bonchev–Trinajstić information content (AvgIpc) is 3.09. The van der Waals surface area contributed by atoms with Gasteiger partial charge in [-0.05, 0) is 30.9 Å². The van der Waals surface area contributed by atoms with Crippen LogP contribution >= 0.6 is 12.4 Å². The summed E-state index contributed by atoms with van der Waals surface area (Å²) in [7, 11) is 0. The van der Waals surface area contributed by atoms with Crippen LogP contribution < -0.4 is 5.73 Å². The highest BCUT2D eigenvalue weighted by Crippen LogP contribution is 2.25. The molecule has 2 atom stereocenters. The van der Waals surface area contributed by atoms with Gasteiger partial charge in [0.1, 0.15) is 11.5 Å². The minimum Gasteiger partial charge on any atom is -0.461 e. The van der Waals surface area contributed by atoms with Gasteiger partial charge < -0.3 is 15.1 Å². The molecule has 2 aromatic rings. The van der Waals surface area contributed by atoms with Gasteiger partial charge >= 0.3 is 0 Å². The molecule has 1 fully saturated rings. The van der Waals surface area contributed by atoms with Crippen molar-refractivity contribution in [2.75, 3.05) is 13.1 Å². The summed E-state index contributed by atoms with van der Waals surface area (Å²) in [5.41, 5.74) is 6.91. The van der Waals surface area contributed by atoms with E-state index in [4.69, 9.17) is 10.2 Å². The summed E-state index contributed by atoms with van der Waals surface area (Å²) in [5, 5.41) is 0. The maximum atomic E-state index is 12.6. The van der Waals surface area contributed by atoms with Gasteiger partial charge in [-0.15, -0.1) is 12.4 Å². The second-order valence-electron chi connectivity index (χ2n) is 6.74. The third-order valence-electron chi connectivity index (χ3n) is 4.88. The van der Waals surface area contributed by atoms with Crippen LogP contribution in [0.3, 0.4) is 0 Å². The van der Waals surface area contributed by atoms with Crippen LogP contribution in [-0.4, -0.2) is 29.9 Å².